The van der Waals surface area contributed by atoms with E-state index in [0.29, 0.717) is 11.5 Å². The Morgan fingerprint density at radius 2 is 2.47 bits per heavy atom. The largest absolute Gasteiger partial charge is 0.497 e. The summed E-state index contributed by atoms with van der Waals surface area (Å²) in [5.41, 5.74) is 0.703. The molecule has 0 aromatic carbocycles. The lowest BCUT2D eigenvalue weighted by atomic mass is 9.77. The van der Waals surface area contributed by atoms with E-state index in [9.17, 15) is 4.79 Å². The number of carbonyl (C=O) groups is 1. The first-order valence-electron chi connectivity index (χ1n) is 5.65. The lowest BCUT2D eigenvalue weighted by Crippen LogP contribution is -2.45. The van der Waals surface area contributed by atoms with Crippen LogP contribution >= 0.6 is 30.3 Å². The van der Waals surface area contributed by atoms with Crippen LogP contribution in [0.15, 0.2) is 11.8 Å². The summed E-state index contributed by atoms with van der Waals surface area (Å²) in [7, 11) is 3.15. The number of nitrogens with zero attached hydrogens (tertiary/aromatic N) is 1. The monoisotopic (exact) mass is 369 g/mol. The van der Waals surface area contributed by atoms with Gasteiger partial charge in [0.1, 0.15) is 0 Å². The maximum Gasteiger partial charge on any atom is 0.337 e. The van der Waals surface area contributed by atoms with Crippen LogP contribution in [0.4, 0.5) is 0 Å². The van der Waals surface area contributed by atoms with Crippen molar-refractivity contribution in [1.29, 1.82) is 0 Å². The Hall–Kier alpha value is 0.0500. The minimum Gasteiger partial charge on any atom is -0.497 e. The fourth-order valence-electron chi connectivity index (χ4n) is 2.56. The Morgan fingerprint density at radius 1 is 1.71 bits per heavy atom. The van der Waals surface area contributed by atoms with Crippen molar-refractivity contribution in [2.45, 2.75) is 19.4 Å². The summed E-state index contributed by atoms with van der Waals surface area (Å²) in [6, 6.07) is 0. The van der Waals surface area contributed by atoms with E-state index >= 15 is 0 Å². The van der Waals surface area contributed by atoms with E-state index in [4.69, 9.17) is 9.47 Å². The van der Waals surface area contributed by atoms with E-state index in [1.807, 2.05) is 0 Å². The number of methoxy groups -OCH3 is 1. The van der Waals surface area contributed by atoms with Gasteiger partial charge in [-0.1, -0.05) is 0 Å². The van der Waals surface area contributed by atoms with Crippen LogP contribution in [-0.2, 0) is 14.3 Å². The second-order valence-electron chi connectivity index (χ2n) is 4.42. The van der Waals surface area contributed by atoms with Gasteiger partial charge in [0.2, 0.25) is 0 Å². The molecule has 0 aliphatic carbocycles. The number of ether oxygens (including phenoxy) is 2. The summed E-state index contributed by atoms with van der Waals surface area (Å²) in [5.74, 6) is 0.415. The molecular weight excluding hydrogens is 353 g/mol. The van der Waals surface area contributed by atoms with Gasteiger partial charge in [-0.25, -0.2) is 9.10 Å². The molecule has 2 unspecified atom stereocenters. The van der Waals surface area contributed by atoms with Gasteiger partial charge in [-0.3, -0.25) is 0 Å². The van der Waals surface area contributed by atoms with Gasteiger partial charge in [0.25, 0.3) is 0 Å². The summed E-state index contributed by atoms with van der Waals surface area (Å²) < 4.78 is 12.7. The molecule has 4 nitrogen and oxygen atoms in total. The van der Waals surface area contributed by atoms with E-state index in [2.05, 4.69) is 32.4 Å². The van der Waals surface area contributed by atoms with Gasteiger partial charge < -0.3 is 9.47 Å². The van der Waals surface area contributed by atoms with Gasteiger partial charge in [-0.15, -0.1) is 0 Å². The van der Waals surface area contributed by atoms with Crippen molar-refractivity contribution in [3.05, 3.63) is 11.8 Å². The Kier molecular flexibility index (Phi) is 4.59. The van der Waals surface area contributed by atoms with Crippen molar-refractivity contribution in [1.82, 2.24) is 4.31 Å². The van der Waals surface area contributed by atoms with Crippen molar-refractivity contribution < 1.29 is 14.3 Å². The number of piperidine rings is 1. The molecule has 0 amide bonds. The lowest BCUT2D eigenvalue weighted by molar-refractivity contribution is -0.138. The van der Waals surface area contributed by atoms with Gasteiger partial charge >= 0.3 is 5.97 Å². The molecule has 0 spiro atoms. The predicted molar refractivity (Wildman–Crippen MR) is 75.4 cm³/mol. The second kappa shape index (κ2) is 5.79. The summed E-state index contributed by atoms with van der Waals surface area (Å²) >= 11 is 2.30. The molecule has 0 aromatic rings. The SMILES string of the molecule is COC(=O)C1=COC(C)C2CN(SI)CC[C@H]12. The molecular formula is C11H16INO3S. The number of hydrogen-bond acceptors (Lipinski definition) is 5. The van der Waals surface area contributed by atoms with Gasteiger partial charge in [0.15, 0.2) is 0 Å². The van der Waals surface area contributed by atoms with Crippen LogP contribution in [0.1, 0.15) is 13.3 Å². The lowest BCUT2D eigenvalue weighted by Gasteiger charge is -2.42. The molecule has 3 atom stereocenters. The topological polar surface area (TPSA) is 38.8 Å². The summed E-state index contributed by atoms with van der Waals surface area (Å²) in [5, 5.41) is 0. The second-order valence-corrected chi connectivity index (χ2v) is 6.26. The molecule has 1 saturated heterocycles. The molecule has 0 bridgehead atoms. The van der Waals surface area contributed by atoms with Crippen LogP contribution in [0, 0.1) is 11.8 Å². The minimum absolute atomic E-state index is 0.166. The molecule has 17 heavy (non-hydrogen) atoms. The van der Waals surface area contributed by atoms with E-state index in [-0.39, 0.29) is 18.0 Å². The predicted octanol–water partition coefficient (Wildman–Crippen LogP) is 2.40. The fourth-order valence-corrected chi connectivity index (χ4v) is 4.04. The van der Waals surface area contributed by atoms with E-state index < -0.39 is 0 Å². The molecule has 0 radical (unpaired) electrons. The highest BCUT2D eigenvalue weighted by Crippen LogP contribution is 2.39. The maximum absolute atomic E-state index is 11.7. The van der Waals surface area contributed by atoms with Gasteiger partial charge in [0, 0.05) is 46.1 Å². The molecule has 2 aliphatic rings. The Balaban J connectivity index is 2.16. The molecule has 2 aliphatic heterocycles. The first kappa shape index (κ1) is 13.5. The molecule has 1 fully saturated rings. The third-order valence-corrected chi connectivity index (χ3v) is 5.75. The van der Waals surface area contributed by atoms with Crippen LogP contribution in [0.3, 0.4) is 0 Å². The van der Waals surface area contributed by atoms with Crippen molar-refractivity contribution in [2.24, 2.45) is 11.8 Å². The number of hydrogen-bond donors (Lipinski definition) is 0. The van der Waals surface area contributed by atoms with Crippen LogP contribution in [0.25, 0.3) is 0 Å². The van der Waals surface area contributed by atoms with Crippen LogP contribution < -0.4 is 0 Å². The molecule has 96 valence electrons. The smallest absolute Gasteiger partial charge is 0.337 e. The van der Waals surface area contributed by atoms with Crippen molar-refractivity contribution >= 4 is 36.3 Å². The Morgan fingerprint density at radius 3 is 3.12 bits per heavy atom. The van der Waals surface area contributed by atoms with Crippen molar-refractivity contribution in [3.63, 3.8) is 0 Å². The third-order valence-electron chi connectivity index (χ3n) is 3.55. The standard InChI is InChI=1S/C11H16INO3S/c1-7-9-5-13(17-12)4-3-8(9)10(6-16-7)11(14)15-2/h6-9H,3-5H2,1-2H3/t7?,8-,9?/m0/s1. The van der Waals surface area contributed by atoms with Gasteiger partial charge in [0.05, 0.1) is 25.0 Å². The summed E-state index contributed by atoms with van der Waals surface area (Å²) in [6.07, 6.45) is 2.76. The van der Waals surface area contributed by atoms with E-state index in [1.165, 1.54) is 7.11 Å². The van der Waals surface area contributed by atoms with Gasteiger partial charge in [-0.05, 0) is 22.5 Å². The molecule has 2 rings (SSSR count). The highest BCUT2D eigenvalue weighted by atomic mass is 127. The fraction of sp³-hybridized carbons (Fsp3) is 0.727. The molecule has 6 heteroatoms. The van der Waals surface area contributed by atoms with E-state index in [0.717, 1.165) is 19.5 Å². The highest BCUT2D eigenvalue weighted by molar-refractivity contribution is 14.2. The number of esters is 1. The van der Waals surface area contributed by atoms with E-state index in [1.54, 1.807) is 15.4 Å². The zero-order chi connectivity index (χ0) is 12.4. The number of halogens is 1. The first-order valence-corrected chi connectivity index (χ1v) is 8.96. The Bertz CT molecular complexity index is 337. The third kappa shape index (κ3) is 2.73. The van der Waals surface area contributed by atoms with Crippen LogP contribution in [0.2, 0.25) is 0 Å². The summed E-state index contributed by atoms with van der Waals surface area (Å²) in [4.78, 5) is 11.7. The quantitative estimate of drug-likeness (QED) is 0.425. The summed E-state index contributed by atoms with van der Waals surface area (Å²) in [6.45, 7) is 4.05. The van der Waals surface area contributed by atoms with Crippen molar-refractivity contribution in [3.8, 4) is 0 Å². The number of carbonyl (C=O) groups excluding carboxylic acids is 1. The number of fused-ring (bicyclic) bond motifs is 1. The zero-order valence-corrected chi connectivity index (χ0v) is 12.9. The first-order chi connectivity index (χ1) is 8.17. The van der Waals surface area contributed by atoms with Gasteiger partial charge in [-0.2, -0.15) is 0 Å². The molecule has 0 aromatic heterocycles. The highest BCUT2D eigenvalue weighted by Gasteiger charge is 2.41. The molecule has 0 N–H and O–H groups in total. The number of rotatable bonds is 2. The molecule has 2 heterocycles. The van der Waals surface area contributed by atoms with Crippen LogP contribution in [0.5, 0.6) is 0 Å². The minimum atomic E-state index is -0.248. The molecule has 0 saturated carbocycles. The average Bonchev–Trinajstić information content (AvgIpc) is 2.38. The van der Waals surface area contributed by atoms with Crippen molar-refractivity contribution in [2.75, 3.05) is 20.2 Å². The van der Waals surface area contributed by atoms with Crippen LogP contribution in [-0.4, -0.2) is 36.6 Å². The average molecular weight is 369 g/mol. The maximum atomic E-state index is 11.7. The Labute approximate surface area is 118 Å². The zero-order valence-electron chi connectivity index (χ0n) is 9.89. The normalized spacial score (nSPS) is 33.4.